The van der Waals surface area contributed by atoms with Gasteiger partial charge in [0.05, 0.1) is 24.2 Å². The molecule has 0 atom stereocenters. The van der Waals surface area contributed by atoms with Crippen molar-refractivity contribution in [2.75, 3.05) is 6.61 Å². The van der Waals surface area contributed by atoms with Crippen molar-refractivity contribution in [1.29, 1.82) is 0 Å². The van der Waals surface area contributed by atoms with Crippen LogP contribution >= 0.6 is 22.7 Å². The minimum Gasteiger partial charge on any atom is -0.462 e. The Bertz CT molecular complexity index is 1070. The molecule has 0 saturated heterocycles. The first-order chi connectivity index (χ1) is 14.3. The second-order valence-corrected chi connectivity index (χ2v) is 7.86. The zero-order valence-corrected chi connectivity index (χ0v) is 17.4. The van der Waals surface area contributed by atoms with E-state index >= 15 is 0 Å². The van der Waals surface area contributed by atoms with Crippen LogP contribution in [0.15, 0.2) is 53.5 Å². The fourth-order valence-corrected chi connectivity index (χ4v) is 4.22. The van der Waals surface area contributed by atoms with Gasteiger partial charge in [-0.15, -0.1) is 22.7 Å². The van der Waals surface area contributed by atoms with Crippen LogP contribution in [0.2, 0.25) is 0 Å². The van der Waals surface area contributed by atoms with Gasteiger partial charge in [-0.3, -0.25) is 0 Å². The highest BCUT2D eigenvalue weighted by atomic mass is 32.1. The van der Waals surface area contributed by atoms with Crippen molar-refractivity contribution in [3.05, 3.63) is 69.8 Å². The SMILES string of the molecule is CCOC(=O)c1cnn(-c2nc(-c3ccccc3)cs2)c1CNCc1nccs1. The number of hydrogen-bond donors (Lipinski definition) is 1. The summed E-state index contributed by atoms with van der Waals surface area (Å²) < 4.78 is 6.90. The normalized spacial score (nSPS) is 10.9. The monoisotopic (exact) mass is 425 g/mol. The van der Waals surface area contributed by atoms with Gasteiger partial charge in [-0.2, -0.15) is 5.10 Å². The maximum absolute atomic E-state index is 12.4. The summed E-state index contributed by atoms with van der Waals surface area (Å²) in [6.07, 6.45) is 3.32. The number of benzene rings is 1. The Morgan fingerprint density at radius 3 is 2.83 bits per heavy atom. The highest BCUT2D eigenvalue weighted by Crippen LogP contribution is 2.25. The molecular weight excluding hydrogens is 406 g/mol. The second-order valence-electron chi connectivity index (χ2n) is 6.05. The van der Waals surface area contributed by atoms with Gasteiger partial charge in [-0.05, 0) is 6.92 Å². The van der Waals surface area contributed by atoms with Crippen molar-refractivity contribution >= 4 is 28.6 Å². The Balaban J connectivity index is 1.62. The smallest absolute Gasteiger partial charge is 0.341 e. The van der Waals surface area contributed by atoms with Gasteiger partial charge in [-0.25, -0.2) is 19.4 Å². The highest BCUT2D eigenvalue weighted by molar-refractivity contribution is 7.12. The number of aromatic nitrogens is 4. The number of thiazole rings is 2. The molecule has 29 heavy (non-hydrogen) atoms. The van der Waals surface area contributed by atoms with Gasteiger partial charge >= 0.3 is 5.97 Å². The Kier molecular flexibility index (Phi) is 6.09. The summed E-state index contributed by atoms with van der Waals surface area (Å²) in [5.41, 5.74) is 3.07. The first-order valence-corrected chi connectivity index (χ1v) is 10.9. The lowest BCUT2D eigenvalue weighted by Crippen LogP contribution is -2.18. The van der Waals surface area contributed by atoms with Crippen molar-refractivity contribution in [3.63, 3.8) is 0 Å². The summed E-state index contributed by atoms with van der Waals surface area (Å²) in [6.45, 7) is 3.15. The first kappa shape index (κ1) is 19.4. The molecule has 7 nitrogen and oxygen atoms in total. The summed E-state index contributed by atoms with van der Waals surface area (Å²) in [5, 5.41) is 13.4. The number of hydrogen-bond acceptors (Lipinski definition) is 8. The van der Waals surface area contributed by atoms with E-state index in [4.69, 9.17) is 9.72 Å². The summed E-state index contributed by atoms with van der Waals surface area (Å²) >= 11 is 3.06. The zero-order chi connectivity index (χ0) is 20.1. The van der Waals surface area contributed by atoms with Crippen LogP contribution in [-0.2, 0) is 17.8 Å². The van der Waals surface area contributed by atoms with Crippen LogP contribution in [-0.4, -0.2) is 32.3 Å². The molecule has 0 aliphatic heterocycles. The van der Waals surface area contributed by atoms with Crippen molar-refractivity contribution in [1.82, 2.24) is 25.1 Å². The Hall–Kier alpha value is -2.88. The average Bonchev–Trinajstić information content (AvgIpc) is 3.49. The topological polar surface area (TPSA) is 81.9 Å². The van der Waals surface area contributed by atoms with Gasteiger partial charge < -0.3 is 10.1 Å². The molecule has 3 heterocycles. The molecule has 0 bridgehead atoms. The number of esters is 1. The Morgan fingerprint density at radius 2 is 2.07 bits per heavy atom. The summed E-state index contributed by atoms with van der Waals surface area (Å²) in [6, 6.07) is 9.97. The van der Waals surface area contributed by atoms with E-state index < -0.39 is 0 Å². The van der Waals surface area contributed by atoms with E-state index in [1.54, 1.807) is 35.3 Å². The van der Waals surface area contributed by atoms with Crippen LogP contribution in [0.25, 0.3) is 16.4 Å². The number of nitrogens with zero attached hydrogens (tertiary/aromatic N) is 4. The number of carbonyl (C=O) groups excluding carboxylic acids is 1. The van der Waals surface area contributed by atoms with E-state index in [2.05, 4.69) is 15.4 Å². The Morgan fingerprint density at radius 1 is 1.21 bits per heavy atom. The van der Waals surface area contributed by atoms with Crippen molar-refractivity contribution < 1.29 is 9.53 Å². The van der Waals surface area contributed by atoms with Crippen molar-refractivity contribution in [2.45, 2.75) is 20.0 Å². The molecule has 0 aliphatic rings. The predicted octanol–water partition coefficient (Wildman–Crippen LogP) is 3.92. The van der Waals surface area contributed by atoms with Crippen LogP contribution < -0.4 is 5.32 Å². The lowest BCUT2D eigenvalue weighted by Gasteiger charge is -2.08. The molecule has 0 radical (unpaired) electrons. The van der Waals surface area contributed by atoms with E-state index in [1.807, 2.05) is 41.1 Å². The molecule has 148 valence electrons. The molecule has 0 aliphatic carbocycles. The van der Waals surface area contributed by atoms with Gasteiger partial charge in [0.2, 0.25) is 5.13 Å². The van der Waals surface area contributed by atoms with Gasteiger partial charge in [0.15, 0.2) is 0 Å². The van der Waals surface area contributed by atoms with Crippen LogP contribution in [0, 0.1) is 0 Å². The number of nitrogens with one attached hydrogen (secondary N) is 1. The third kappa shape index (κ3) is 4.42. The third-order valence-electron chi connectivity index (χ3n) is 4.16. The van der Waals surface area contributed by atoms with E-state index in [0.29, 0.717) is 36.1 Å². The van der Waals surface area contributed by atoms with E-state index in [0.717, 1.165) is 16.3 Å². The minimum atomic E-state index is -0.385. The van der Waals surface area contributed by atoms with Gasteiger partial charge in [-0.1, -0.05) is 30.3 Å². The average molecular weight is 426 g/mol. The molecule has 9 heteroatoms. The minimum absolute atomic E-state index is 0.311. The van der Waals surface area contributed by atoms with E-state index in [9.17, 15) is 4.79 Å². The molecule has 4 rings (SSSR count). The fourth-order valence-electron chi connectivity index (χ4n) is 2.82. The molecule has 0 saturated carbocycles. The number of carbonyl (C=O) groups is 1. The standard InChI is InChI=1S/C20H19N5O2S2/c1-2-27-19(26)15-10-23-25(17(15)11-21-12-18-22-8-9-28-18)20-24-16(13-29-20)14-6-4-3-5-7-14/h3-10,13,21H,2,11-12H2,1H3. The van der Waals surface area contributed by atoms with Gasteiger partial charge in [0, 0.05) is 35.6 Å². The quantitative estimate of drug-likeness (QED) is 0.431. The van der Waals surface area contributed by atoms with E-state index in [-0.39, 0.29) is 5.97 Å². The van der Waals surface area contributed by atoms with Crippen LogP contribution in [0.1, 0.15) is 28.0 Å². The second kappa shape index (κ2) is 9.08. The zero-order valence-electron chi connectivity index (χ0n) is 15.7. The molecule has 0 unspecified atom stereocenters. The van der Waals surface area contributed by atoms with Crippen LogP contribution in [0.4, 0.5) is 0 Å². The third-order valence-corrected chi connectivity index (χ3v) is 5.75. The van der Waals surface area contributed by atoms with E-state index in [1.165, 1.54) is 11.3 Å². The predicted molar refractivity (Wildman–Crippen MR) is 113 cm³/mol. The van der Waals surface area contributed by atoms with Crippen LogP contribution in [0.3, 0.4) is 0 Å². The summed E-state index contributed by atoms with van der Waals surface area (Å²) in [7, 11) is 0. The first-order valence-electron chi connectivity index (χ1n) is 9.10. The van der Waals surface area contributed by atoms with Gasteiger partial charge in [0.25, 0.3) is 0 Å². The summed E-state index contributed by atoms with van der Waals surface area (Å²) in [4.78, 5) is 21.4. The van der Waals surface area contributed by atoms with Crippen LogP contribution in [0.5, 0.6) is 0 Å². The molecule has 4 aromatic rings. The molecule has 0 fully saturated rings. The maximum Gasteiger partial charge on any atom is 0.341 e. The fraction of sp³-hybridized carbons (Fsp3) is 0.200. The number of rotatable bonds is 8. The molecule has 0 spiro atoms. The number of ether oxygens (including phenoxy) is 1. The van der Waals surface area contributed by atoms with Gasteiger partial charge in [0.1, 0.15) is 10.6 Å². The molecule has 1 N–H and O–H groups in total. The molecule has 0 amide bonds. The largest absolute Gasteiger partial charge is 0.462 e. The summed E-state index contributed by atoms with van der Waals surface area (Å²) in [5.74, 6) is -0.385. The maximum atomic E-state index is 12.4. The lowest BCUT2D eigenvalue weighted by atomic mass is 10.2. The molecule has 1 aromatic carbocycles. The molecule has 3 aromatic heterocycles. The van der Waals surface area contributed by atoms with Crippen molar-refractivity contribution in [3.8, 4) is 16.4 Å². The molecular formula is C20H19N5O2S2. The highest BCUT2D eigenvalue weighted by Gasteiger charge is 2.21. The Labute approximate surface area is 176 Å². The van der Waals surface area contributed by atoms with Crippen molar-refractivity contribution in [2.24, 2.45) is 0 Å². The lowest BCUT2D eigenvalue weighted by molar-refractivity contribution is 0.0525.